The van der Waals surface area contributed by atoms with Crippen LogP contribution < -0.4 is 0 Å². The maximum absolute atomic E-state index is 13.6. The molecule has 1 aromatic carbocycles. The van der Waals surface area contributed by atoms with Crippen molar-refractivity contribution >= 4 is 29.0 Å². The first-order valence-corrected chi connectivity index (χ1v) is 11.0. The number of hydrogen-bond acceptors (Lipinski definition) is 3. The van der Waals surface area contributed by atoms with Gasteiger partial charge in [0.2, 0.25) is 0 Å². The Labute approximate surface area is 161 Å². The molecule has 0 saturated carbocycles. The van der Waals surface area contributed by atoms with E-state index in [1.807, 2.05) is 41.2 Å². The van der Waals surface area contributed by atoms with E-state index < -0.39 is 0 Å². The smallest absolute Gasteiger partial charge is 0.257 e. The van der Waals surface area contributed by atoms with Gasteiger partial charge in [-0.1, -0.05) is 24.3 Å². The van der Waals surface area contributed by atoms with E-state index in [0.29, 0.717) is 0 Å². The Morgan fingerprint density at radius 3 is 2.65 bits per heavy atom. The Bertz CT molecular complexity index is 959. The van der Waals surface area contributed by atoms with Crippen molar-refractivity contribution in [2.75, 3.05) is 12.3 Å². The van der Waals surface area contributed by atoms with E-state index in [1.165, 1.54) is 21.6 Å². The summed E-state index contributed by atoms with van der Waals surface area (Å²) in [5.41, 5.74) is 4.90. The minimum Gasteiger partial charge on any atom is -0.334 e. The predicted octanol–water partition coefficient (Wildman–Crippen LogP) is 4.53. The monoisotopic (exact) mass is 380 g/mol. The van der Waals surface area contributed by atoms with Crippen LogP contribution in [-0.4, -0.2) is 27.7 Å². The zero-order chi connectivity index (χ0) is 17.5. The number of amides is 1. The van der Waals surface area contributed by atoms with Crippen molar-refractivity contribution in [3.8, 4) is 5.00 Å². The Kier molecular flexibility index (Phi) is 4.14. The standard InChI is InChI=1S/C21H20N2OS2/c24-20(23-11-7-15-5-1-2-6-16(15)13-23)19-17-8-12-25-14-18(17)26-21(19)22-9-3-4-10-22/h1-6,9-10H,7-8,11-14H2. The third-order valence-electron chi connectivity index (χ3n) is 5.27. The predicted molar refractivity (Wildman–Crippen MR) is 108 cm³/mol. The van der Waals surface area contributed by atoms with Crippen LogP contribution in [0.25, 0.3) is 5.00 Å². The number of carbonyl (C=O) groups excluding carboxylic acids is 1. The van der Waals surface area contributed by atoms with E-state index in [4.69, 9.17) is 0 Å². The van der Waals surface area contributed by atoms with Gasteiger partial charge >= 0.3 is 0 Å². The van der Waals surface area contributed by atoms with Gasteiger partial charge in [-0.15, -0.1) is 11.3 Å². The SMILES string of the molecule is O=C(c1c(-n2cccc2)sc2c1CCSC2)N1CCc2ccccc2C1. The van der Waals surface area contributed by atoms with Gasteiger partial charge in [0.1, 0.15) is 5.00 Å². The van der Waals surface area contributed by atoms with Gasteiger partial charge in [0.25, 0.3) is 5.91 Å². The van der Waals surface area contributed by atoms with Gasteiger partial charge in [-0.3, -0.25) is 4.79 Å². The lowest BCUT2D eigenvalue weighted by Gasteiger charge is -2.29. The molecule has 3 nitrogen and oxygen atoms in total. The highest BCUT2D eigenvalue weighted by Gasteiger charge is 2.30. The van der Waals surface area contributed by atoms with Crippen LogP contribution in [-0.2, 0) is 25.1 Å². The van der Waals surface area contributed by atoms with Crippen molar-refractivity contribution in [2.24, 2.45) is 0 Å². The van der Waals surface area contributed by atoms with Gasteiger partial charge in [-0.05, 0) is 47.4 Å². The molecule has 1 amide bonds. The summed E-state index contributed by atoms with van der Waals surface area (Å²) in [5.74, 6) is 2.34. The summed E-state index contributed by atoms with van der Waals surface area (Å²) < 4.78 is 2.11. The van der Waals surface area contributed by atoms with Crippen molar-refractivity contribution in [3.05, 3.63) is 75.9 Å². The van der Waals surface area contributed by atoms with Crippen LogP contribution in [0.3, 0.4) is 0 Å². The topological polar surface area (TPSA) is 25.2 Å². The van der Waals surface area contributed by atoms with Gasteiger partial charge in [0.15, 0.2) is 0 Å². The fraction of sp³-hybridized carbons (Fsp3) is 0.286. The van der Waals surface area contributed by atoms with E-state index in [2.05, 4.69) is 28.8 Å². The molecule has 2 aliphatic heterocycles. The average molecular weight is 381 g/mol. The molecule has 0 aliphatic carbocycles. The van der Waals surface area contributed by atoms with Crippen LogP contribution in [0.2, 0.25) is 0 Å². The van der Waals surface area contributed by atoms with Crippen molar-refractivity contribution < 1.29 is 4.79 Å². The number of carbonyl (C=O) groups is 1. The fourth-order valence-electron chi connectivity index (χ4n) is 3.92. The Hall–Kier alpha value is -1.98. The van der Waals surface area contributed by atoms with Crippen LogP contribution in [0.5, 0.6) is 0 Å². The first kappa shape index (κ1) is 16.2. The number of benzene rings is 1. The number of rotatable bonds is 2. The Balaban J connectivity index is 1.55. The second-order valence-corrected chi connectivity index (χ2v) is 9.01. The minimum atomic E-state index is 0.201. The first-order chi connectivity index (χ1) is 12.8. The molecule has 0 saturated heterocycles. The first-order valence-electron chi connectivity index (χ1n) is 9.03. The van der Waals surface area contributed by atoms with E-state index >= 15 is 0 Å². The quantitative estimate of drug-likeness (QED) is 0.653. The highest BCUT2D eigenvalue weighted by atomic mass is 32.2. The second kappa shape index (κ2) is 6.63. The Morgan fingerprint density at radius 2 is 1.81 bits per heavy atom. The van der Waals surface area contributed by atoms with Gasteiger partial charge in [0, 0.05) is 36.1 Å². The molecule has 2 aliphatic rings. The highest BCUT2D eigenvalue weighted by molar-refractivity contribution is 7.98. The van der Waals surface area contributed by atoms with Crippen molar-refractivity contribution in [3.63, 3.8) is 0 Å². The summed E-state index contributed by atoms with van der Waals surface area (Å²) >= 11 is 3.76. The van der Waals surface area contributed by atoms with E-state index in [1.54, 1.807) is 11.3 Å². The molecule has 0 N–H and O–H groups in total. The molecule has 26 heavy (non-hydrogen) atoms. The molecule has 0 fully saturated rings. The summed E-state index contributed by atoms with van der Waals surface area (Å²) in [5, 5.41) is 1.09. The van der Waals surface area contributed by atoms with Gasteiger partial charge in [-0.2, -0.15) is 11.8 Å². The van der Waals surface area contributed by atoms with Gasteiger partial charge in [0.05, 0.1) is 5.56 Å². The van der Waals surface area contributed by atoms with Crippen LogP contribution in [0.1, 0.15) is 31.9 Å². The summed E-state index contributed by atoms with van der Waals surface area (Å²) in [6.45, 7) is 1.53. The van der Waals surface area contributed by atoms with Crippen LogP contribution in [0.4, 0.5) is 0 Å². The number of thiophene rings is 1. The summed E-state index contributed by atoms with van der Waals surface area (Å²) in [4.78, 5) is 17.0. The fourth-order valence-corrected chi connectivity index (χ4v) is 6.36. The molecule has 0 atom stereocenters. The highest BCUT2D eigenvalue weighted by Crippen LogP contribution is 2.39. The second-order valence-electron chi connectivity index (χ2n) is 6.82. The molecule has 5 heteroatoms. The molecular formula is C21H20N2OS2. The molecule has 0 unspecified atom stereocenters. The van der Waals surface area contributed by atoms with Crippen LogP contribution in [0, 0.1) is 0 Å². The molecule has 4 heterocycles. The number of hydrogen-bond donors (Lipinski definition) is 0. The molecule has 132 valence electrons. The van der Waals surface area contributed by atoms with Crippen molar-refractivity contribution in [2.45, 2.75) is 25.1 Å². The summed E-state index contributed by atoms with van der Waals surface area (Å²) in [6.07, 6.45) is 6.05. The lowest BCUT2D eigenvalue weighted by atomic mass is 9.98. The van der Waals surface area contributed by atoms with E-state index in [-0.39, 0.29) is 5.91 Å². The van der Waals surface area contributed by atoms with E-state index in [0.717, 1.165) is 48.0 Å². The third kappa shape index (κ3) is 2.70. The molecular weight excluding hydrogens is 360 g/mol. The molecule has 5 rings (SSSR count). The zero-order valence-electron chi connectivity index (χ0n) is 14.5. The lowest BCUT2D eigenvalue weighted by molar-refractivity contribution is 0.0734. The number of aromatic nitrogens is 1. The molecule has 0 bridgehead atoms. The van der Waals surface area contributed by atoms with Gasteiger partial charge < -0.3 is 9.47 Å². The molecule has 2 aromatic heterocycles. The van der Waals surface area contributed by atoms with Crippen molar-refractivity contribution in [1.29, 1.82) is 0 Å². The van der Waals surface area contributed by atoms with Crippen molar-refractivity contribution in [1.82, 2.24) is 9.47 Å². The minimum absolute atomic E-state index is 0.201. The van der Waals surface area contributed by atoms with E-state index in [9.17, 15) is 4.79 Å². The molecule has 0 spiro atoms. The number of thioether (sulfide) groups is 1. The summed E-state index contributed by atoms with van der Waals surface area (Å²) in [6, 6.07) is 12.6. The molecule has 3 aromatic rings. The van der Waals surface area contributed by atoms with Gasteiger partial charge in [-0.25, -0.2) is 0 Å². The van der Waals surface area contributed by atoms with Crippen LogP contribution >= 0.6 is 23.1 Å². The number of fused-ring (bicyclic) bond motifs is 2. The number of nitrogens with zero attached hydrogens (tertiary/aromatic N) is 2. The molecule has 0 radical (unpaired) electrons. The van der Waals surface area contributed by atoms with Crippen LogP contribution in [0.15, 0.2) is 48.8 Å². The zero-order valence-corrected chi connectivity index (χ0v) is 16.1. The average Bonchev–Trinajstić information content (AvgIpc) is 3.34. The third-order valence-corrected chi connectivity index (χ3v) is 7.69. The normalized spacial score (nSPS) is 16.2. The maximum atomic E-state index is 13.6. The summed E-state index contributed by atoms with van der Waals surface area (Å²) in [7, 11) is 0. The maximum Gasteiger partial charge on any atom is 0.257 e. The lowest BCUT2D eigenvalue weighted by Crippen LogP contribution is -2.36. The Morgan fingerprint density at radius 1 is 1.00 bits per heavy atom. The largest absolute Gasteiger partial charge is 0.334 e.